The number of aromatic amines is 1. The van der Waals surface area contributed by atoms with Crippen molar-refractivity contribution in [1.29, 1.82) is 0 Å². The number of nitro groups is 1. The lowest BCUT2D eigenvalue weighted by Crippen LogP contribution is -2.08. The maximum absolute atomic E-state index is 11.4. The summed E-state index contributed by atoms with van der Waals surface area (Å²) in [5, 5.41) is 14.3. The van der Waals surface area contributed by atoms with Crippen LogP contribution in [0.5, 0.6) is 0 Å². The number of nitrogens with one attached hydrogen (secondary N) is 2. The Labute approximate surface area is 118 Å². The van der Waals surface area contributed by atoms with E-state index >= 15 is 0 Å². The fourth-order valence-electron chi connectivity index (χ4n) is 1.70. The molecule has 0 fully saturated rings. The van der Waals surface area contributed by atoms with Crippen molar-refractivity contribution in [2.45, 2.75) is 17.0 Å². The zero-order valence-corrected chi connectivity index (χ0v) is 11.7. The molecular weight excluding hydrogens is 280 g/mol. The van der Waals surface area contributed by atoms with Gasteiger partial charge in [0, 0.05) is 18.8 Å². The van der Waals surface area contributed by atoms with Crippen LogP contribution in [0.1, 0.15) is 5.69 Å². The number of rotatable bonds is 4. The van der Waals surface area contributed by atoms with Gasteiger partial charge in [-0.2, -0.15) is 0 Å². The van der Waals surface area contributed by atoms with E-state index in [0.29, 0.717) is 21.4 Å². The number of para-hydroxylation sites is 1. The highest BCUT2D eigenvalue weighted by Gasteiger charge is 2.20. The van der Waals surface area contributed by atoms with Crippen LogP contribution in [-0.2, 0) is 0 Å². The molecule has 1 aromatic heterocycles. The molecule has 0 radical (unpaired) electrons. The van der Waals surface area contributed by atoms with E-state index in [0.717, 1.165) is 11.8 Å². The molecular formula is C12H12N4O3S. The average Bonchev–Trinajstić information content (AvgIpc) is 2.36. The number of hydrogen-bond acceptors (Lipinski definition) is 6. The van der Waals surface area contributed by atoms with E-state index in [-0.39, 0.29) is 11.2 Å². The topological polar surface area (TPSA) is 101 Å². The quantitative estimate of drug-likeness (QED) is 0.509. The molecule has 7 nitrogen and oxygen atoms in total. The van der Waals surface area contributed by atoms with Crippen molar-refractivity contribution < 1.29 is 4.92 Å². The van der Waals surface area contributed by atoms with Gasteiger partial charge in [-0.3, -0.25) is 14.9 Å². The van der Waals surface area contributed by atoms with Crippen LogP contribution in [0.25, 0.3) is 0 Å². The summed E-state index contributed by atoms with van der Waals surface area (Å²) in [6.07, 6.45) is 0. The largest absolute Gasteiger partial charge is 0.383 e. The van der Waals surface area contributed by atoms with E-state index in [1.807, 2.05) is 0 Å². The number of nitrogens with zero attached hydrogens (tertiary/aromatic N) is 2. The lowest BCUT2D eigenvalue weighted by Gasteiger charge is -2.06. The summed E-state index contributed by atoms with van der Waals surface area (Å²) >= 11 is 1.05. The van der Waals surface area contributed by atoms with Crippen molar-refractivity contribution in [2.24, 2.45) is 0 Å². The predicted octanol–water partition coefficient (Wildman–Crippen LogP) is 2.18. The molecule has 0 aliphatic rings. The minimum Gasteiger partial charge on any atom is -0.383 e. The number of aryl methyl sites for hydroxylation is 1. The summed E-state index contributed by atoms with van der Waals surface area (Å²) in [6, 6.07) is 6.30. The summed E-state index contributed by atoms with van der Waals surface area (Å²) in [5.41, 5.74) is 0.648. The third-order valence-corrected chi connectivity index (χ3v) is 3.44. The first-order valence-corrected chi connectivity index (χ1v) is 6.54. The molecule has 1 heterocycles. The standard InChI is InChI=1S/C12H12N4O3S/c1-7-6-10(17)15-12(14-7)20-9-5-3-4-8(13-2)11(9)16(18)19/h3-6,13H,1-2H3,(H,14,15,17). The Kier molecular flexibility index (Phi) is 4.04. The van der Waals surface area contributed by atoms with Gasteiger partial charge in [-0.1, -0.05) is 6.07 Å². The molecule has 0 unspecified atom stereocenters. The summed E-state index contributed by atoms with van der Waals surface area (Å²) in [5.74, 6) is 0. The summed E-state index contributed by atoms with van der Waals surface area (Å²) in [7, 11) is 1.61. The van der Waals surface area contributed by atoms with Crippen LogP contribution in [0.2, 0.25) is 0 Å². The van der Waals surface area contributed by atoms with Gasteiger partial charge in [0.05, 0.1) is 9.82 Å². The number of aromatic nitrogens is 2. The smallest absolute Gasteiger partial charge is 0.306 e. The number of anilines is 1. The molecule has 2 rings (SSSR count). The zero-order valence-electron chi connectivity index (χ0n) is 10.8. The van der Waals surface area contributed by atoms with Crippen LogP contribution in [-0.4, -0.2) is 21.9 Å². The molecule has 2 aromatic rings. The van der Waals surface area contributed by atoms with Gasteiger partial charge in [-0.05, 0) is 30.8 Å². The second-order valence-electron chi connectivity index (χ2n) is 3.95. The second-order valence-corrected chi connectivity index (χ2v) is 4.98. The predicted molar refractivity (Wildman–Crippen MR) is 76.4 cm³/mol. The Morgan fingerprint density at radius 1 is 1.45 bits per heavy atom. The molecule has 0 bridgehead atoms. The third kappa shape index (κ3) is 2.97. The molecule has 0 aliphatic carbocycles. The fourth-order valence-corrected chi connectivity index (χ4v) is 2.68. The monoisotopic (exact) mass is 292 g/mol. The maximum atomic E-state index is 11.4. The van der Waals surface area contributed by atoms with Crippen molar-refractivity contribution in [3.63, 3.8) is 0 Å². The Hall–Kier alpha value is -2.35. The van der Waals surface area contributed by atoms with Crippen LogP contribution in [0, 0.1) is 17.0 Å². The van der Waals surface area contributed by atoms with Crippen molar-refractivity contribution in [1.82, 2.24) is 9.97 Å². The van der Waals surface area contributed by atoms with E-state index in [1.165, 1.54) is 6.07 Å². The van der Waals surface area contributed by atoms with Crippen LogP contribution in [0.15, 0.2) is 39.1 Å². The highest BCUT2D eigenvalue weighted by atomic mass is 32.2. The minimum absolute atomic E-state index is 0.0378. The number of benzene rings is 1. The van der Waals surface area contributed by atoms with Gasteiger partial charge in [0.2, 0.25) is 0 Å². The van der Waals surface area contributed by atoms with Crippen LogP contribution in [0.3, 0.4) is 0 Å². The van der Waals surface area contributed by atoms with Crippen LogP contribution in [0.4, 0.5) is 11.4 Å². The Bertz CT molecular complexity index is 714. The summed E-state index contributed by atoms with van der Waals surface area (Å²) in [4.78, 5) is 29.2. The van der Waals surface area contributed by atoms with Crippen molar-refractivity contribution in [2.75, 3.05) is 12.4 Å². The molecule has 1 aromatic carbocycles. The Balaban J connectivity index is 2.48. The van der Waals surface area contributed by atoms with E-state index in [2.05, 4.69) is 15.3 Å². The SMILES string of the molecule is CNc1cccc(Sc2nc(C)cc(=O)[nH]2)c1[N+](=O)[O-]. The van der Waals surface area contributed by atoms with Crippen molar-refractivity contribution in [3.05, 3.63) is 50.4 Å². The molecule has 0 atom stereocenters. The lowest BCUT2D eigenvalue weighted by molar-refractivity contribution is -0.386. The fraction of sp³-hybridized carbons (Fsp3) is 0.167. The van der Waals surface area contributed by atoms with Gasteiger partial charge < -0.3 is 10.3 Å². The lowest BCUT2D eigenvalue weighted by atomic mass is 10.3. The minimum atomic E-state index is -0.456. The normalized spacial score (nSPS) is 10.3. The molecule has 0 spiro atoms. The van der Waals surface area contributed by atoms with Crippen molar-refractivity contribution in [3.8, 4) is 0 Å². The molecule has 0 saturated carbocycles. The first-order chi connectivity index (χ1) is 9.51. The molecule has 0 aliphatic heterocycles. The van der Waals surface area contributed by atoms with Crippen LogP contribution >= 0.6 is 11.8 Å². The number of nitro benzene ring substituents is 1. The Morgan fingerprint density at radius 3 is 2.80 bits per heavy atom. The van der Waals surface area contributed by atoms with Gasteiger partial charge in [-0.25, -0.2) is 4.98 Å². The Morgan fingerprint density at radius 2 is 2.20 bits per heavy atom. The van der Waals surface area contributed by atoms with E-state index in [1.54, 1.807) is 32.2 Å². The first kappa shape index (κ1) is 14.1. The van der Waals surface area contributed by atoms with Gasteiger partial charge in [0.15, 0.2) is 5.16 Å². The van der Waals surface area contributed by atoms with Crippen LogP contribution < -0.4 is 10.9 Å². The zero-order chi connectivity index (χ0) is 14.7. The summed E-state index contributed by atoms with van der Waals surface area (Å²) in [6.45, 7) is 1.69. The first-order valence-electron chi connectivity index (χ1n) is 5.72. The van der Waals surface area contributed by atoms with Crippen molar-refractivity contribution >= 4 is 23.1 Å². The third-order valence-electron chi connectivity index (χ3n) is 2.51. The van der Waals surface area contributed by atoms with Gasteiger partial charge in [-0.15, -0.1) is 0 Å². The van der Waals surface area contributed by atoms with Gasteiger partial charge in [0.1, 0.15) is 5.69 Å². The summed E-state index contributed by atoms with van der Waals surface area (Å²) < 4.78 is 0. The molecule has 0 saturated heterocycles. The highest BCUT2D eigenvalue weighted by Crippen LogP contribution is 2.37. The molecule has 20 heavy (non-hydrogen) atoms. The highest BCUT2D eigenvalue weighted by molar-refractivity contribution is 7.99. The van der Waals surface area contributed by atoms with Gasteiger partial charge >= 0.3 is 5.69 Å². The second kappa shape index (κ2) is 5.74. The molecule has 0 amide bonds. The van der Waals surface area contributed by atoms with E-state index in [9.17, 15) is 14.9 Å². The number of H-pyrrole nitrogens is 1. The molecule has 104 valence electrons. The number of hydrogen-bond donors (Lipinski definition) is 2. The van der Waals surface area contributed by atoms with Gasteiger partial charge in [0.25, 0.3) is 5.56 Å². The van der Waals surface area contributed by atoms with E-state index < -0.39 is 4.92 Å². The molecule has 2 N–H and O–H groups in total. The average molecular weight is 292 g/mol. The molecule has 8 heteroatoms. The van der Waals surface area contributed by atoms with E-state index in [4.69, 9.17) is 0 Å². The maximum Gasteiger partial charge on any atom is 0.306 e.